The molecule has 0 atom stereocenters. The van der Waals surface area contributed by atoms with E-state index in [0.717, 1.165) is 54.5 Å². The van der Waals surface area contributed by atoms with Crippen molar-refractivity contribution in [1.82, 2.24) is 14.5 Å². The van der Waals surface area contributed by atoms with Crippen LogP contribution in [0.25, 0.3) is 16.6 Å². The van der Waals surface area contributed by atoms with Crippen LogP contribution >= 0.6 is 0 Å². The van der Waals surface area contributed by atoms with Gasteiger partial charge in [-0.15, -0.1) is 0 Å². The van der Waals surface area contributed by atoms with E-state index < -0.39 is 0 Å². The van der Waals surface area contributed by atoms with Crippen molar-refractivity contribution >= 4 is 10.9 Å². The maximum Gasteiger partial charge on any atom is 0.265 e. The van der Waals surface area contributed by atoms with Crippen molar-refractivity contribution in [2.24, 2.45) is 0 Å². The van der Waals surface area contributed by atoms with Gasteiger partial charge in [0.1, 0.15) is 17.7 Å². The smallest absolute Gasteiger partial charge is 0.265 e. The molecule has 5 heteroatoms. The van der Waals surface area contributed by atoms with Gasteiger partial charge in [-0.2, -0.15) is 0 Å². The van der Waals surface area contributed by atoms with E-state index in [0.29, 0.717) is 11.2 Å². The molecule has 0 N–H and O–H groups in total. The second kappa shape index (κ2) is 8.46. The Balaban J connectivity index is 1.33. The fourth-order valence-corrected chi connectivity index (χ4v) is 5.30. The highest BCUT2D eigenvalue weighted by atomic mass is 16.5. The monoisotopic (exact) mass is 417 g/mol. The fraction of sp³-hybridized carbons (Fsp3) is 0.462. The van der Waals surface area contributed by atoms with Gasteiger partial charge in [-0.1, -0.05) is 25.0 Å². The van der Waals surface area contributed by atoms with Crippen LogP contribution in [0.1, 0.15) is 49.9 Å². The van der Waals surface area contributed by atoms with E-state index in [4.69, 9.17) is 4.74 Å². The van der Waals surface area contributed by atoms with E-state index in [2.05, 4.69) is 16.0 Å². The first-order chi connectivity index (χ1) is 15.1. The highest BCUT2D eigenvalue weighted by Gasteiger charge is 2.27. The molecule has 1 aromatic heterocycles. The van der Waals surface area contributed by atoms with Gasteiger partial charge in [0.25, 0.3) is 5.56 Å². The normalized spacial score (nSPS) is 18.6. The van der Waals surface area contributed by atoms with E-state index >= 15 is 0 Å². The Morgan fingerprint density at radius 1 is 0.968 bits per heavy atom. The molecule has 0 spiro atoms. The number of nitrogens with zero attached hydrogens (tertiary/aromatic N) is 3. The number of para-hydroxylation sites is 1. The van der Waals surface area contributed by atoms with Gasteiger partial charge in [0.2, 0.25) is 0 Å². The Labute approximate surface area is 183 Å². The minimum atomic E-state index is -0.0286. The van der Waals surface area contributed by atoms with E-state index in [1.165, 1.54) is 25.7 Å². The molecule has 162 valence electrons. The van der Waals surface area contributed by atoms with Crippen LogP contribution in [0, 0.1) is 13.8 Å². The predicted octanol–water partition coefficient (Wildman–Crippen LogP) is 4.79. The number of piperidine rings is 1. The standard InChI is InChI=1S/C26H31N3O2/c1-18-17-22(31-21-13-15-28(16-14-21)20-7-3-4-8-20)11-12-25(18)29-19(2)27-24-10-6-5-9-23(24)26(29)30/h5-6,9-12,17,20-21H,3-4,7-8,13-16H2,1-2H3. The molecule has 1 saturated carbocycles. The molecule has 3 aromatic rings. The average molecular weight is 418 g/mol. The van der Waals surface area contributed by atoms with Crippen LogP contribution in [0.5, 0.6) is 5.75 Å². The Hall–Kier alpha value is -2.66. The number of benzene rings is 2. The van der Waals surface area contributed by atoms with Crippen molar-refractivity contribution in [2.75, 3.05) is 13.1 Å². The number of ether oxygens (including phenoxy) is 1. The predicted molar refractivity (Wildman–Crippen MR) is 124 cm³/mol. The fourth-order valence-electron chi connectivity index (χ4n) is 5.30. The number of aryl methyl sites for hydroxylation is 2. The van der Waals surface area contributed by atoms with Crippen molar-refractivity contribution < 1.29 is 4.74 Å². The van der Waals surface area contributed by atoms with Crippen LogP contribution in [0.4, 0.5) is 0 Å². The van der Waals surface area contributed by atoms with Crippen LogP contribution in [0.15, 0.2) is 47.3 Å². The summed E-state index contributed by atoms with van der Waals surface area (Å²) in [6, 6.07) is 14.4. The number of aromatic nitrogens is 2. The average Bonchev–Trinajstić information content (AvgIpc) is 3.31. The first-order valence-corrected chi connectivity index (χ1v) is 11.6. The quantitative estimate of drug-likeness (QED) is 0.612. The molecule has 5 nitrogen and oxygen atoms in total. The molecule has 2 heterocycles. The molecule has 1 saturated heterocycles. The molecular formula is C26H31N3O2. The topological polar surface area (TPSA) is 47.4 Å². The summed E-state index contributed by atoms with van der Waals surface area (Å²) in [4.78, 5) is 20.4. The minimum Gasteiger partial charge on any atom is -0.490 e. The van der Waals surface area contributed by atoms with Crippen LogP contribution in [0.3, 0.4) is 0 Å². The van der Waals surface area contributed by atoms with Gasteiger partial charge in [-0.05, 0) is 75.4 Å². The Morgan fingerprint density at radius 2 is 1.71 bits per heavy atom. The summed E-state index contributed by atoms with van der Waals surface area (Å²) >= 11 is 0. The van der Waals surface area contributed by atoms with Gasteiger partial charge in [0, 0.05) is 19.1 Å². The Bertz CT molecular complexity index is 1140. The molecule has 2 aliphatic rings. The van der Waals surface area contributed by atoms with E-state index in [1.54, 1.807) is 4.57 Å². The zero-order valence-corrected chi connectivity index (χ0v) is 18.5. The SMILES string of the molecule is Cc1cc(OC2CCN(C3CCCC3)CC2)ccc1-n1c(C)nc2ccccc2c1=O. The highest BCUT2D eigenvalue weighted by Crippen LogP contribution is 2.28. The Morgan fingerprint density at radius 3 is 2.45 bits per heavy atom. The number of rotatable bonds is 4. The third kappa shape index (κ3) is 3.99. The maximum atomic E-state index is 13.1. The van der Waals surface area contributed by atoms with Crippen LogP contribution in [-0.2, 0) is 0 Å². The van der Waals surface area contributed by atoms with Crippen molar-refractivity contribution in [3.63, 3.8) is 0 Å². The minimum absolute atomic E-state index is 0.0286. The molecule has 0 radical (unpaired) electrons. The van der Waals surface area contributed by atoms with Crippen molar-refractivity contribution in [3.8, 4) is 11.4 Å². The lowest BCUT2D eigenvalue weighted by molar-refractivity contribution is 0.0768. The number of hydrogen-bond acceptors (Lipinski definition) is 4. The van der Waals surface area contributed by atoms with Gasteiger partial charge in [0.05, 0.1) is 16.6 Å². The molecule has 2 aromatic carbocycles. The molecule has 1 aliphatic carbocycles. The molecule has 0 amide bonds. The first-order valence-electron chi connectivity index (χ1n) is 11.6. The number of fused-ring (bicyclic) bond motifs is 1. The summed E-state index contributed by atoms with van der Waals surface area (Å²) in [5, 5.41) is 0.641. The summed E-state index contributed by atoms with van der Waals surface area (Å²) < 4.78 is 8.05. The zero-order valence-electron chi connectivity index (χ0n) is 18.5. The third-order valence-electron chi connectivity index (χ3n) is 6.97. The molecule has 1 aliphatic heterocycles. The number of hydrogen-bond donors (Lipinski definition) is 0. The largest absolute Gasteiger partial charge is 0.490 e. The van der Waals surface area contributed by atoms with Crippen molar-refractivity contribution in [1.29, 1.82) is 0 Å². The summed E-state index contributed by atoms with van der Waals surface area (Å²) in [6.07, 6.45) is 7.97. The summed E-state index contributed by atoms with van der Waals surface area (Å²) in [7, 11) is 0. The van der Waals surface area contributed by atoms with E-state index in [-0.39, 0.29) is 11.7 Å². The lowest BCUT2D eigenvalue weighted by Crippen LogP contribution is -2.43. The maximum absolute atomic E-state index is 13.1. The lowest BCUT2D eigenvalue weighted by atomic mass is 10.0. The molecule has 0 unspecified atom stereocenters. The van der Waals surface area contributed by atoms with Gasteiger partial charge in [0.15, 0.2) is 0 Å². The van der Waals surface area contributed by atoms with Gasteiger partial charge in [-0.3, -0.25) is 9.36 Å². The molecule has 31 heavy (non-hydrogen) atoms. The van der Waals surface area contributed by atoms with Gasteiger partial charge in [-0.25, -0.2) is 4.98 Å². The molecule has 5 rings (SSSR count). The highest BCUT2D eigenvalue weighted by molar-refractivity contribution is 5.77. The van der Waals surface area contributed by atoms with Crippen molar-refractivity contribution in [3.05, 3.63) is 64.2 Å². The summed E-state index contributed by atoms with van der Waals surface area (Å²) in [5.41, 5.74) is 2.59. The van der Waals surface area contributed by atoms with Crippen molar-refractivity contribution in [2.45, 2.75) is 64.5 Å². The summed E-state index contributed by atoms with van der Waals surface area (Å²) in [6.45, 7) is 6.20. The van der Waals surface area contributed by atoms with Crippen LogP contribution in [0.2, 0.25) is 0 Å². The van der Waals surface area contributed by atoms with Crippen LogP contribution < -0.4 is 10.3 Å². The Kier molecular flexibility index (Phi) is 5.53. The molecule has 0 bridgehead atoms. The zero-order chi connectivity index (χ0) is 21.4. The second-order valence-electron chi connectivity index (χ2n) is 9.06. The van der Waals surface area contributed by atoms with Gasteiger partial charge < -0.3 is 9.64 Å². The first kappa shape index (κ1) is 20.3. The number of likely N-dealkylation sites (tertiary alicyclic amines) is 1. The summed E-state index contributed by atoms with van der Waals surface area (Å²) in [5.74, 6) is 1.58. The molecule has 2 fully saturated rings. The van der Waals surface area contributed by atoms with E-state index in [9.17, 15) is 4.79 Å². The third-order valence-corrected chi connectivity index (χ3v) is 6.97. The molecular weight excluding hydrogens is 386 g/mol. The van der Waals surface area contributed by atoms with Gasteiger partial charge >= 0.3 is 0 Å². The lowest BCUT2D eigenvalue weighted by Gasteiger charge is -2.36. The second-order valence-corrected chi connectivity index (χ2v) is 9.06. The van der Waals surface area contributed by atoms with E-state index in [1.807, 2.05) is 50.2 Å². The van der Waals surface area contributed by atoms with Crippen LogP contribution in [-0.4, -0.2) is 39.7 Å².